The number of carbonyl (C=O) groups is 1. The lowest BCUT2D eigenvalue weighted by Gasteiger charge is -2.36. The number of nitrogens with two attached hydrogens (primary N) is 1. The Morgan fingerprint density at radius 1 is 1.46 bits per heavy atom. The minimum Gasteiger partial charge on any atom is -0.469 e. The third-order valence-corrected chi connectivity index (χ3v) is 5.75. The van der Waals surface area contributed by atoms with Crippen molar-refractivity contribution in [2.24, 2.45) is 17.8 Å². The number of aromatic nitrogens is 3. The number of imidazole rings is 1. The van der Waals surface area contributed by atoms with Crippen LogP contribution in [0.25, 0.3) is 5.52 Å². The fourth-order valence-electron chi connectivity index (χ4n) is 3.98. The second-order valence-corrected chi connectivity index (χ2v) is 7.59. The zero-order chi connectivity index (χ0) is 17.4. The number of methoxy groups -OCH3 is 1. The summed E-state index contributed by atoms with van der Waals surface area (Å²) in [6.07, 6.45) is 6.31. The molecule has 1 aliphatic carbocycles. The molecule has 0 aliphatic heterocycles. The van der Waals surface area contributed by atoms with Crippen LogP contribution in [-0.4, -0.2) is 27.4 Å². The molecule has 130 valence electrons. The van der Waals surface area contributed by atoms with E-state index in [4.69, 9.17) is 10.5 Å². The third-order valence-electron chi connectivity index (χ3n) is 5.20. The first-order chi connectivity index (χ1) is 11.4. The fraction of sp³-hybridized carbons (Fsp3) is 0.588. The van der Waals surface area contributed by atoms with Crippen molar-refractivity contribution in [3.05, 3.63) is 22.8 Å². The Bertz CT molecular complexity index is 758. The quantitative estimate of drug-likeness (QED) is 0.806. The number of ether oxygens (including phenoxy) is 1. The van der Waals surface area contributed by atoms with Gasteiger partial charge in [-0.25, -0.2) is 9.97 Å². The van der Waals surface area contributed by atoms with Crippen LogP contribution in [0.15, 0.2) is 17.0 Å². The Labute approximate surface area is 149 Å². The summed E-state index contributed by atoms with van der Waals surface area (Å²) in [6.45, 7) is 4.35. The van der Waals surface area contributed by atoms with Crippen molar-refractivity contribution in [1.82, 2.24) is 14.4 Å². The van der Waals surface area contributed by atoms with Crippen LogP contribution in [0.5, 0.6) is 0 Å². The first kappa shape index (κ1) is 17.2. The van der Waals surface area contributed by atoms with Crippen LogP contribution in [0.2, 0.25) is 0 Å². The topological polar surface area (TPSA) is 82.5 Å². The molecule has 1 fully saturated rings. The SMILES string of the molecule is COC(=O)[C@@H]1C[C@H](c2nc(Br)c3c(N)nccn23)CC[C@@H]1C(C)C. The normalized spacial score (nSPS) is 24.5. The van der Waals surface area contributed by atoms with E-state index in [2.05, 4.69) is 39.7 Å². The average molecular weight is 395 g/mol. The van der Waals surface area contributed by atoms with Crippen LogP contribution < -0.4 is 5.73 Å². The maximum absolute atomic E-state index is 12.3. The monoisotopic (exact) mass is 394 g/mol. The second kappa shape index (κ2) is 6.70. The lowest BCUT2D eigenvalue weighted by atomic mass is 9.69. The number of rotatable bonds is 3. The maximum atomic E-state index is 12.3. The molecule has 2 aromatic heterocycles. The highest BCUT2D eigenvalue weighted by Crippen LogP contribution is 2.43. The minimum absolute atomic E-state index is 0.0842. The van der Waals surface area contributed by atoms with Crippen LogP contribution >= 0.6 is 15.9 Å². The summed E-state index contributed by atoms with van der Waals surface area (Å²) in [5.74, 6) is 2.20. The molecule has 0 bridgehead atoms. The summed E-state index contributed by atoms with van der Waals surface area (Å²) < 4.78 is 7.75. The zero-order valence-electron chi connectivity index (χ0n) is 14.2. The highest BCUT2D eigenvalue weighted by Gasteiger charge is 2.39. The molecule has 0 saturated heterocycles. The summed E-state index contributed by atoms with van der Waals surface area (Å²) in [7, 11) is 1.47. The molecule has 3 atom stereocenters. The summed E-state index contributed by atoms with van der Waals surface area (Å²) in [4.78, 5) is 21.1. The number of carbonyl (C=O) groups excluding carboxylic acids is 1. The van der Waals surface area contributed by atoms with Gasteiger partial charge in [0.25, 0.3) is 0 Å². The summed E-state index contributed by atoms with van der Waals surface area (Å²) in [5.41, 5.74) is 6.77. The number of hydrogen-bond acceptors (Lipinski definition) is 5. The van der Waals surface area contributed by atoms with Crippen LogP contribution in [0.3, 0.4) is 0 Å². The van der Waals surface area contributed by atoms with Gasteiger partial charge in [-0.2, -0.15) is 0 Å². The first-order valence-corrected chi connectivity index (χ1v) is 9.09. The van der Waals surface area contributed by atoms with Crippen molar-refractivity contribution in [3.63, 3.8) is 0 Å². The van der Waals surface area contributed by atoms with Gasteiger partial charge >= 0.3 is 5.97 Å². The fourth-order valence-corrected chi connectivity index (χ4v) is 4.56. The van der Waals surface area contributed by atoms with Crippen LogP contribution in [0.1, 0.15) is 44.9 Å². The highest BCUT2D eigenvalue weighted by atomic mass is 79.9. The van der Waals surface area contributed by atoms with Crippen LogP contribution in [0.4, 0.5) is 5.82 Å². The van der Waals surface area contributed by atoms with Crippen molar-refractivity contribution in [2.75, 3.05) is 12.8 Å². The molecule has 7 heteroatoms. The molecule has 0 amide bonds. The number of nitrogens with zero attached hydrogens (tertiary/aromatic N) is 3. The van der Waals surface area contributed by atoms with Gasteiger partial charge in [-0.3, -0.25) is 9.20 Å². The summed E-state index contributed by atoms with van der Waals surface area (Å²) in [5, 5.41) is 0. The Morgan fingerprint density at radius 2 is 2.21 bits per heavy atom. The van der Waals surface area contributed by atoms with E-state index in [1.54, 1.807) is 6.20 Å². The summed E-state index contributed by atoms with van der Waals surface area (Å²) >= 11 is 3.48. The van der Waals surface area contributed by atoms with E-state index < -0.39 is 0 Å². The van der Waals surface area contributed by atoms with Gasteiger partial charge in [-0.1, -0.05) is 13.8 Å². The molecule has 24 heavy (non-hydrogen) atoms. The average Bonchev–Trinajstić information content (AvgIpc) is 2.91. The smallest absolute Gasteiger partial charge is 0.308 e. The molecule has 2 N–H and O–H groups in total. The number of esters is 1. The van der Waals surface area contributed by atoms with Gasteiger partial charge in [-0.15, -0.1) is 0 Å². The number of fused-ring (bicyclic) bond motifs is 1. The number of halogens is 1. The van der Waals surface area contributed by atoms with Gasteiger partial charge in [0.05, 0.1) is 13.0 Å². The largest absolute Gasteiger partial charge is 0.469 e. The molecule has 0 unspecified atom stereocenters. The predicted molar refractivity (Wildman–Crippen MR) is 95.5 cm³/mol. The van der Waals surface area contributed by atoms with Gasteiger partial charge in [0, 0.05) is 18.3 Å². The van der Waals surface area contributed by atoms with E-state index in [-0.39, 0.29) is 17.8 Å². The molecule has 3 rings (SSSR count). The molecule has 1 aliphatic rings. The lowest BCUT2D eigenvalue weighted by molar-refractivity contribution is -0.149. The molecule has 1 saturated carbocycles. The standard InChI is InChI=1S/C17H23BrN4O2/c1-9(2)11-5-4-10(8-12(11)17(23)24-3)16-21-14(18)13-15(19)20-6-7-22(13)16/h6-7,9-12H,4-5,8H2,1-3H3,(H2,19,20)/t10-,11-,12-/m1/s1. The molecule has 0 radical (unpaired) electrons. The van der Waals surface area contributed by atoms with Crippen molar-refractivity contribution < 1.29 is 9.53 Å². The Balaban J connectivity index is 1.96. The van der Waals surface area contributed by atoms with E-state index >= 15 is 0 Å². The lowest BCUT2D eigenvalue weighted by Crippen LogP contribution is -2.34. The zero-order valence-corrected chi connectivity index (χ0v) is 15.8. The number of nitrogen functional groups attached to an aromatic ring is 1. The van der Waals surface area contributed by atoms with Crippen molar-refractivity contribution in [3.8, 4) is 0 Å². The molecule has 2 heterocycles. The van der Waals surface area contributed by atoms with E-state index in [1.807, 2.05) is 10.6 Å². The van der Waals surface area contributed by atoms with Crippen molar-refractivity contribution >= 4 is 33.2 Å². The Kier molecular flexibility index (Phi) is 4.80. The van der Waals surface area contributed by atoms with E-state index in [0.717, 1.165) is 30.6 Å². The minimum atomic E-state index is -0.112. The highest BCUT2D eigenvalue weighted by molar-refractivity contribution is 9.10. The molecule has 0 spiro atoms. The van der Waals surface area contributed by atoms with E-state index in [1.165, 1.54) is 7.11 Å². The van der Waals surface area contributed by atoms with Crippen LogP contribution in [0, 0.1) is 17.8 Å². The Morgan fingerprint density at radius 3 is 2.88 bits per heavy atom. The second-order valence-electron chi connectivity index (χ2n) is 6.84. The molecule has 6 nitrogen and oxygen atoms in total. The number of hydrogen-bond donors (Lipinski definition) is 1. The van der Waals surface area contributed by atoms with Gasteiger partial charge in [-0.05, 0) is 47.0 Å². The Hall–Kier alpha value is -1.63. The van der Waals surface area contributed by atoms with E-state index in [9.17, 15) is 4.79 Å². The van der Waals surface area contributed by atoms with Gasteiger partial charge in [0.1, 0.15) is 15.9 Å². The third kappa shape index (κ3) is 2.90. The van der Waals surface area contributed by atoms with E-state index in [0.29, 0.717) is 22.3 Å². The van der Waals surface area contributed by atoms with Gasteiger partial charge < -0.3 is 10.5 Å². The van der Waals surface area contributed by atoms with Crippen molar-refractivity contribution in [2.45, 2.75) is 39.0 Å². The molecule has 0 aromatic carbocycles. The van der Waals surface area contributed by atoms with Crippen molar-refractivity contribution in [1.29, 1.82) is 0 Å². The summed E-state index contributed by atoms with van der Waals surface area (Å²) in [6, 6.07) is 0. The van der Waals surface area contributed by atoms with Gasteiger partial charge in [0.2, 0.25) is 0 Å². The predicted octanol–water partition coefficient (Wildman–Crippen LogP) is 3.40. The van der Waals surface area contributed by atoms with Gasteiger partial charge in [0.15, 0.2) is 5.82 Å². The first-order valence-electron chi connectivity index (χ1n) is 8.29. The van der Waals surface area contributed by atoms with Crippen LogP contribution in [-0.2, 0) is 9.53 Å². The molecule has 2 aromatic rings. The molecular formula is C17H23BrN4O2. The molecular weight excluding hydrogens is 372 g/mol. The maximum Gasteiger partial charge on any atom is 0.308 e. The number of anilines is 1.